The van der Waals surface area contributed by atoms with Gasteiger partial charge in [0.2, 0.25) is 0 Å². The number of rotatable bonds is 1. The Kier molecular flexibility index (Phi) is 2.41. The van der Waals surface area contributed by atoms with Gasteiger partial charge in [-0.1, -0.05) is 42.5 Å². The van der Waals surface area contributed by atoms with E-state index in [1.807, 2.05) is 0 Å². The third-order valence-corrected chi connectivity index (χ3v) is 4.81. The summed E-state index contributed by atoms with van der Waals surface area (Å²) in [6.45, 7) is 4.49. The van der Waals surface area contributed by atoms with Crippen molar-refractivity contribution in [1.82, 2.24) is 0 Å². The van der Waals surface area contributed by atoms with Gasteiger partial charge < -0.3 is 4.74 Å². The van der Waals surface area contributed by atoms with E-state index in [2.05, 4.69) is 62.4 Å². The summed E-state index contributed by atoms with van der Waals surface area (Å²) in [6.07, 6.45) is 5.69. The maximum absolute atomic E-state index is 6.26. The molecule has 2 bridgehead atoms. The number of hydrogen-bond donors (Lipinski definition) is 0. The molecule has 4 rings (SSSR count). The summed E-state index contributed by atoms with van der Waals surface area (Å²) in [7, 11) is 0. The molecule has 1 saturated heterocycles. The first-order valence-corrected chi connectivity index (χ1v) is 7.47. The highest BCUT2D eigenvalue weighted by atomic mass is 16.5. The van der Waals surface area contributed by atoms with Crippen molar-refractivity contribution < 1.29 is 4.74 Å². The number of fused-ring (bicyclic) bond motifs is 3. The van der Waals surface area contributed by atoms with Crippen molar-refractivity contribution >= 4 is 16.3 Å². The molecule has 0 saturated carbocycles. The van der Waals surface area contributed by atoms with E-state index in [9.17, 15) is 0 Å². The zero-order valence-electron chi connectivity index (χ0n) is 12.1. The average molecular weight is 264 g/mol. The number of ether oxygens (including phenoxy) is 1. The maximum atomic E-state index is 6.26. The van der Waals surface area contributed by atoms with Crippen molar-refractivity contribution in [3.63, 3.8) is 0 Å². The molecule has 2 aliphatic heterocycles. The Hall–Kier alpha value is -1.60. The lowest BCUT2D eigenvalue weighted by Gasteiger charge is -2.35. The molecule has 0 unspecified atom stereocenters. The lowest BCUT2D eigenvalue weighted by atomic mass is 9.87. The van der Waals surface area contributed by atoms with Crippen LogP contribution in [-0.4, -0.2) is 11.2 Å². The zero-order valence-corrected chi connectivity index (χ0v) is 12.1. The summed E-state index contributed by atoms with van der Waals surface area (Å²) in [6, 6.07) is 15.3. The number of hydrogen-bond acceptors (Lipinski definition) is 1. The second kappa shape index (κ2) is 3.95. The van der Waals surface area contributed by atoms with Gasteiger partial charge in [0, 0.05) is 6.42 Å². The van der Waals surface area contributed by atoms with Gasteiger partial charge in [-0.05, 0) is 54.7 Å². The summed E-state index contributed by atoms with van der Waals surface area (Å²) < 4.78 is 6.26. The SMILES string of the molecule is C[C@]12CC[C@](C)(C=C(c3cccc4ccccc34)C1)O2. The van der Waals surface area contributed by atoms with Crippen LogP contribution in [0.4, 0.5) is 0 Å². The van der Waals surface area contributed by atoms with Gasteiger partial charge in [-0.2, -0.15) is 0 Å². The van der Waals surface area contributed by atoms with Crippen LogP contribution >= 0.6 is 0 Å². The van der Waals surface area contributed by atoms with Crippen LogP contribution in [0.2, 0.25) is 0 Å². The van der Waals surface area contributed by atoms with Crippen molar-refractivity contribution in [2.24, 2.45) is 0 Å². The molecule has 1 heteroatoms. The maximum Gasteiger partial charge on any atom is 0.0848 e. The molecular formula is C19H20O. The molecule has 1 fully saturated rings. The summed E-state index contributed by atoms with van der Waals surface area (Å²) in [5, 5.41) is 2.68. The molecule has 102 valence electrons. The molecule has 2 atom stereocenters. The quantitative estimate of drug-likeness (QED) is 0.707. The molecule has 2 aromatic rings. The highest BCUT2D eigenvalue weighted by molar-refractivity contribution is 5.94. The first-order valence-electron chi connectivity index (χ1n) is 7.47. The van der Waals surface area contributed by atoms with E-state index in [-0.39, 0.29) is 11.2 Å². The Bertz CT molecular complexity index is 709. The van der Waals surface area contributed by atoms with Crippen molar-refractivity contribution in [3.8, 4) is 0 Å². The molecule has 1 nitrogen and oxygen atoms in total. The molecule has 0 spiro atoms. The van der Waals surface area contributed by atoms with E-state index in [1.165, 1.54) is 21.9 Å². The zero-order chi connectivity index (χ0) is 13.8. The van der Waals surface area contributed by atoms with Crippen LogP contribution in [0, 0.1) is 0 Å². The predicted molar refractivity (Wildman–Crippen MR) is 83.7 cm³/mol. The topological polar surface area (TPSA) is 9.23 Å². The van der Waals surface area contributed by atoms with Gasteiger partial charge in [0.25, 0.3) is 0 Å². The third kappa shape index (κ3) is 1.81. The van der Waals surface area contributed by atoms with Crippen molar-refractivity contribution in [1.29, 1.82) is 0 Å². The summed E-state index contributed by atoms with van der Waals surface area (Å²) >= 11 is 0. The van der Waals surface area contributed by atoms with Crippen LogP contribution in [0.5, 0.6) is 0 Å². The van der Waals surface area contributed by atoms with Crippen LogP contribution in [0.25, 0.3) is 16.3 Å². The van der Waals surface area contributed by atoms with Gasteiger partial charge in [0.05, 0.1) is 11.2 Å². The van der Waals surface area contributed by atoms with E-state index in [4.69, 9.17) is 4.74 Å². The molecular weight excluding hydrogens is 244 g/mol. The van der Waals surface area contributed by atoms with Gasteiger partial charge in [-0.25, -0.2) is 0 Å². The first kappa shape index (κ1) is 12.2. The molecule has 2 aromatic carbocycles. The Morgan fingerprint density at radius 1 is 0.950 bits per heavy atom. The predicted octanol–water partition coefficient (Wildman–Crippen LogP) is 4.95. The average Bonchev–Trinajstić information content (AvgIpc) is 2.66. The van der Waals surface area contributed by atoms with Crippen molar-refractivity contribution in [2.75, 3.05) is 0 Å². The smallest absolute Gasteiger partial charge is 0.0848 e. The molecule has 0 N–H and O–H groups in total. The van der Waals surface area contributed by atoms with E-state index in [0.717, 1.165) is 19.3 Å². The molecule has 0 aliphatic carbocycles. The van der Waals surface area contributed by atoms with Gasteiger partial charge in [-0.3, -0.25) is 0 Å². The van der Waals surface area contributed by atoms with E-state index in [0.29, 0.717) is 0 Å². The fourth-order valence-corrected chi connectivity index (χ4v) is 3.90. The first-order chi connectivity index (χ1) is 9.57. The van der Waals surface area contributed by atoms with E-state index >= 15 is 0 Å². The fraction of sp³-hybridized carbons (Fsp3) is 0.368. The minimum Gasteiger partial charge on any atom is -0.365 e. The van der Waals surface area contributed by atoms with Crippen LogP contribution in [0.15, 0.2) is 48.5 Å². The van der Waals surface area contributed by atoms with Crippen LogP contribution in [-0.2, 0) is 4.74 Å². The molecule has 0 radical (unpaired) electrons. The Morgan fingerprint density at radius 3 is 2.60 bits per heavy atom. The largest absolute Gasteiger partial charge is 0.365 e. The van der Waals surface area contributed by atoms with Gasteiger partial charge in [0.15, 0.2) is 0 Å². The number of benzene rings is 2. The molecule has 20 heavy (non-hydrogen) atoms. The molecule has 0 amide bonds. The minimum absolute atomic E-state index is 0.0236. The third-order valence-electron chi connectivity index (χ3n) is 4.81. The van der Waals surface area contributed by atoms with Crippen LogP contribution in [0.3, 0.4) is 0 Å². The van der Waals surface area contributed by atoms with Gasteiger partial charge in [-0.15, -0.1) is 0 Å². The lowest BCUT2D eigenvalue weighted by molar-refractivity contribution is -0.0634. The van der Waals surface area contributed by atoms with Crippen LogP contribution in [0.1, 0.15) is 38.7 Å². The molecule has 2 heterocycles. The highest BCUT2D eigenvalue weighted by Crippen LogP contribution is 2.49. The lowest BCUT2D eigenvalue weighted by Crippen LogP contribution is -2.34. The second-order valence-corrected chi connectivity index (χ2v) is 6.74. The summed E-state index contributed by atoms with van der Waals surface area (Å²) in [4.78, 5) is 0. The van der Waals surface area contributed by atoms with Crippen LogP contribution < -0.4 is 0 Å². The Labute approximate surface area is 120 Å². The highest BCUT2D eigenvalue weighted by Gasteiger charge is 2.46. The second-order valence-electron chi connectivity index (χ2n) is 6.74. The van der Waals surface area contributed by atoms with Gasteiger partial charge in [0.1, 0.15) is 0 Å². The molecule has 0 aromatic heterocycles. The fourth-order valence-electron chi connectivity index (χ4n) is 3.90. The van der Waals surface area contributed by atoms with E-state index < -0.39 is 0 Å². The Morgan fingerprint density at radius 2 is 1.75 bits per heavy atom. The summed E-state index contributed by atoms with van der Waals surface area (Å²) in [5.41, 5.74) is 2.79. The van der Waals surface area contributed by atoms with Crippen molar-refractivity contribution in [3.05, 3.63) is 54.1 Å². The van der Waals surface area contributed by atoms with Gasteiger partial charge >= 0.3 is 0 Å². The molecule has 2 aliphatic rings. The van der Waals surface area contributed by atoms with Crippen molar-refractivity contribution in [2.45, 2.75) is 44.3 Å². The minimum atomic E-state index is -0.0702. The summed E-state index contributed by atoms with van der Waals surface area (Å²) in [5.74, 6) is 0. The standard InChI is InChI=1S/C19H20O/c1-18-10-11-19(2,20-18)13-15(12-18)17-9-5-7-14-6-3-4-8-16(14)17/h3-9,12H,10-11,13H2,1-2H3/t18-,19+/m1/s1. The monoisotopic (exact) mass is 264 g/mol. The Balaban J connectivity index is 1.90. The van der Waals surface area contributed by atoms with E-state index in [1.54, 1.807) is 0 Å². The normalized spacial score (nSPS) is 32.4.